The van der Waals surface area contributed by atoms with Crippen LogP contribution in [0.4, 0.5) is 20.2 Å². The van der Waals surface area contributed by atoms with Crippen molar-refractivity contribution in [1.82, 2.24) is 0 Å². The smallest absolute Gasteiger partial charge is 0.387 e. The molecule has 8 heteroatoms. The van der Waals surface area contributed by atoms with Crippen LogP contribution in [0.5, 0.6) is 11.5 Å². The van der Waals surface area contributed by atoms with E-state index in [1.807, 2.05) is 6.07 Å². The second kappa shape index (κ2) is 9.10. The van der Waals surface area contributed by atoms with Crippen LogP contribution in [0.15, 0.2) is 36.4 Å². The number of hydrogen-bond donors (Lipinski definition) is 1. The van der Waals surface area contributed by atoms with Gasteiger partial charge >= 0.3 is 6.61 Å². The molecule has 0 aliphatic carbocycles. The molecule has 0 unspecified atom stereocenters. The molecule has 0 radical (unpaired) electrons. The van der Waals surface area contributed by atoms with Crippen LogP contribution in [0.25, 0.3) is 0 Å². The Morgan fingerprint density at radius 2 is 1.93 bits per heavy atom. The number of hydrogen-bond acceptors (Lipinski definition) is 4. The van der Waals surface area contributed by atoms with E-state index in [-0.39, 0.29) is 23.7 Å². The fourth-order valence-electron chi connectivity index (χ4n) is 3.15. The van der Waals surface area contributed by atoms with E-state index in [1.165, 1.54) is 18.2 Å². The number of carbonyl (C=O) groups is 1. The first-order valence-corrected chi connectivity index (χ1v) is 9.43. The van der Waals surface area contributed by atoms with Gasteiger partial charge in [-0.2, -0.15) is 8.78 Å². The monoisotopic (exact) mass is 410 g/mol. The van der Waals surface area contributed by atoms with Crippen molar-refractivity contribution in [2.24, 2.45) is 0 Å². The molecule has 28 heavy (non-hydrogen) atoms. The molecule has 2 aromatic carbocycles. The van der Waals surface area contributed by atoms with Gasteiger partial charge < -0.3 is 19.7 Å². The zero-order valence-electron chi connectivity index (χ0n) is 15.4. The molecule has 5 nitrogen and oxygen atoms in total. The van der Waals surface area contributed by atoms with Gasteiger partial charge in [0, 0.05) is 23.7 Å². The normalized spacial score (nSPS) is 13.7. The summed E-state index contributed by atoms with van der Waals surface area (Å²) < 4.78 is 34.9. The van der Waals surface area contributed by atoms with Gasteiger partial charge in [-0.3, -0.25) is 4.79 Å². The second-order valence-electron chi connectivity index (χ2n) is 6.28. The maximum atomic E-state index is 12.8. The number of alkyl halides is 2. The molecule has 1 heterocycles. The average Bonchev–Trinajstić information content (AvgIpc) is 3.17. The summed E-state index contributed by atoms with van der Waals surface area (Å²) in [5.41, 5.74) is 1.76. The van der Waals surface area contributed by atoms with Crippen LogP contribution in [0.3, 0.4) is 0 Å². The van der Waals surface area contributed by atoms with Gasteiger partial charge in [-0.1, -0.05) is 11.6 Å². The molecular formula is C20H21ClF2N2O3. The van der Waals surface area contributed by atoms with Crippen molar-refractivity contribution in [3.63, 3.8) is 0 Å². The van der Waals surface area contributed by atoms with Gasteiger partial charge in [0.2, 0.25) is 0 Å². The molecule has 1 N–H and O–H groups in total. The largest absolute Gasteiger partial charge is 0.490 e. The minimum atomic E-state index is -2.98. The molecule has 2 aromatic rings. The first kappa shape index (κ1) is 20.2. The third-order valence-corrected chi connectivity index (χ3v) is 4.61. The van der Waals surface area contributed by atoms with Gasteiger partial charge in [0.15, 0.2) is 11.5 Å². The van der Waals surface area contributed by atoms with Crippen LogP contribution in [-0.2, 0) is 0 Å². The highest BCUT2D eigenvalue weighted by atomic mass is 35.5. The quantitative estimate of drug-likeness (QED) is 0.682. The van der Waals surface area contributed by atoms with E-state index in [0.717, 1.165) is 31.6 Å². The van der Waals surface area contributed by atoms with Gasteiger partial charge in [0.25, 0.3) is 5.91 Å². The van der Waals surface area contributed by atoms with Crippen LogP contribution in [0.1, 0.15) is 30.1 Å². The number of nitrogens with one attached hydrogen (secondary N) is 1. The molecule has 3 rings (SSSR count). The Kier molecular flexibility index (Phi) is 6.57. The number of ether oxygens (including phenoxy) is 2. The third kappa shape index (κ3) is 4.84. The van der Waals surface area contributed by atoms with E-state index in [2.05, 4.69) is 15.0 Å². The van der Waals surface area contributed by atoms with E-state index in [9.17, 15) is 13.6 Å². The lowest BCUT2D eigenvalue weighted by Gasteiger charge is -2.22. The summed E-state index contributed by atoms with van der Waals surface area (Å²) in [6.07, 6.45) is 2.19. The highest BCUT2D eigenvalue weighted by molar-refractivity contribution is 6.31. The zero-order chi connectivity index (χ0) is 20.1. The van der Waals surface area contributed by atoms with E-state index in [4.69, 9.17) is 16.3 Å². The van der Waals surface area contributed by atoms with Crippen molar-refractivity contribution in [3.05, 3.63) is 47.0 Å². The Labute approximate surface area is 167 Å². The number of rotatable bonds is 7. The van der Waals surface area contributed by atoms with Gasteiger partial charge in [-0.25, -0.2) is 0 Å². The summed E-state index contributed by atoms with van der Waals surface area (Å²) >= 11 is 6.11. The van der Waals surface area contributed by atoms with Gasteiger partial charge in [-0.05, 0) is 56.2 Å². The SMILES string of the molecule is CCOc1cc(C(=O)Nc2cc(Cl)ccc2N2CCCC2)ccc1OC(F)F. The van der Waals surface area contributed by atoms with Gasteiger partial charge in [-0.15, -0.1) is 0 Å². The molecule has 1 fully saturated rings. The van der Waals surface area contributed by atoms with Crippen molar-refractivity contribution in [2.75, 3.05) is 29.9 Å². The first-order valence-electron chi connectivity index (χ1n) is 9.05. The van der Waals surface area contributed by atoms with Gasteiger partial charge in [0.05, 0.1) is 18.0 Å². The van der Waals surface area contributed by atoms with E-state index < -0.39 is 12.5 Å². The van der Waals surface area contributed by atoms with Gasteiger partial charge in [0.1, 0.15) is 0 Å². The highest BCUT2D eigenvalue weighted by Crippen LogP contribution is 2.33. The Bertz CT molecular complexity index is 842. The molecule has 150 valence electrons. The number of benzene rings is 2. The molecule has 0 atom stereocenters. The van der Waals surface area contributed by atoms with Crippen LogP contribution in [0, 0.1) is 0 Å². The lowest BCUT2D eigenvalue weighted by Crippen LogP contribution is -2.21. The van der Waals surface area contributed by atoms with Crippen molar-refractivity contribution >= 4 is 28.9 Å². The number of anilines is 2. The van der Waals surface area contributed by atoms with Crippen LogP contribution in [0.2, 0.25) is 5.02 Å². The number of halogens is 3. The Hall–Kier alpha value is -2.54. The molecular weight excluding hydrogens is 390 g/mol. The first-order chi connectivity index (χ1) is 13.5. The topological polar surface area (TPSA) is 50.8 Å². The third-order valence-electron chi connectivity index (χ3n) is 4.38. The maximum Gasteiger partial charge on any atom is 0.387 e. The maximum absolute atomic E-state index is 12.8. The Morgan fingerprint density at radius 1 is 1.18 bits per heavy atom. The summed E-state index contributed by atoms with van der Waals surface area (Å²) in [6.45, 7) is 0.816. The molecule has 1 aliphatic heterocycles. The molecule has 1 saturated heterocycles. The zero-order valence-corrected chi connectivity index (χ0v) is 16.1. The minimum Gasteiger partial charge on any atom is -0.490 e. The van der Waals surface area contributed by atoms with Crippen molar-refractivity contribution in [3.8, 4) is 11.5 Å². The number of carbonyl (C=O) groups excluding carboxylic acids is 1. The molecule has 0 aromatic heterocycles. The number of nitrogens with zero attached hydrogens (tertiary/aromatic N) is 1. The summed E-state index contributed by atoms with van der Waals surface area (Å²) in [4.78, 5) is 15.0. The van der Waals surface area contributed by atoms with E-state index >= 15 is 0 Å². The summed E-state index contributed by atoms with van der Waals surface area (Å²) in [7, 11) is 0. The fourth-order valence-corrected chi connectivity index (χ4v) is 3.32. The van der Waals surface area contributed by atoms with Crippen molar-refractivity contribution in [1.29, 1.82) is 0 Å². The molecule has 0 saturated carbocycles. The van der Waals surface area contributed by atoms with E-state index in [0.29, 0.717) is 10.7 Å². The van der Waals surface area contributed by atoms with Crippen molar-refractivity contribution in [2.45, 2.75) is 26.4 Å². The molecule has 0 bridgehead atoms. The fraction of sp³-hybridized carbons (Fsp3) is 0.350. The van der Waals surface area contributed by atoms with Crippen LogP contribution >= 0.6 is 11.6 Å². The average molecular weight is 411 g/mol. The summed E-state index contributed by atoms with van der Waals surface area (Å²) in [6, 6.07) is 9.46. The Morgan fingerprint density at radius 3 is 2.61 bits per heavy atom. The van der Waals surface area contributed by atoms with E-state index in [1.54, 1.807) is 19.1 Å². The Balaban J connectivity index is 1.85. The lowest BCUT2D eigenvalue weighted by atomic mass is 10.1. The standard InChI is InChI=1S/C20H21ClF2N2O3/c1-2-27-18-11-13(5-8-17(18)28-20(22)23)19(26)24-15-12-14(21)6-7-16(15)25-9-3-4-10-25/h5-8,11-12,20H,2-4,9-10H2,1H3,(H,24,26). The highest BCUT2D eigenvalue weighted by Gasteiger charge is 2.19. The molecule has 0 spiro atoms. The van der Waals surface area contributed by atoms with Crippen LogP contribution in [-0.4, -0.2) is 32.2 Å². The predicted octanol–water partition coefficient (Wildman–Crippen LogP) is 5.19. The summed E-state index contributed by atoms with van der Waals surface area (Å²) in [5, 5.41) is 3.37. The minimum absolute atomic E-state index is 0.0845. The number of amides is 1. The molecule has 1 aliphatic rings. The lowest BCUT2D eigenvalue weighted by molar-refractivity contribution is -0.0514. The summed E-state index contributed by atoms with van der Waals surface area (Å²) in [5.74, 6) is -0.428. The molecule has 1 amide bonds. The second-order valence-corrected chi connectivity index (χ2v) is 6.72. The van der Waals surface area contributed by atoms with Crippen molar-refractivity contribution < 1.29 is 23.0 Å². The predicted molar refractivity (Wildman–Crippen MR) is 105 cm³/mol. The van der Waals surface area contributed by atoms with Crippen LogP contribution < -0.4 is 19.7 Å².